The molecule has 1 aromatic rings. The highest BCUT2D eigenvalue weighted by Crippen LogP contribution is 2.22. The van der Waals surface area contributed by atoms with Crippen LogP contribution in [0.1, 0.15) is 27.2 Å². The summed E-state index contributed by atoms with van der Waals surface area (Å²) >= 11 is 0. The fourth-order valence-corrected chi connectivity index (χ4v) is 2.11. The van der Waals surface area contributed by atoms with Gasteiger partial charge >= 0.3 is 6.09 Å². The Morgan fingerprint density at radius 1 is 1.24 bits per heavy atom. The molecule has 1 fully saturated rings. The number of carbonyl (C=O) groups is 1. The van der Waals surface area contributed by atoms with Crippen LogP contribution in [0, 0.1) is 11.6 Å². The molecule has 1 amide bonds. The van der Waals surface area contributed by atoms with Crippen LogP contribution in [0.15, 0.2) is 18.2 Å². The molecule has 1 aliphatic rings. The number of nitrogens with zero attached hydrogens (tertiary/aromatic N) is 1. The van der Waals surface area contributed by atoms with E-state index in [1.807, 2.05) is 0 Å². The van der Waals surface area contributed by atoms with Gasteiger partial charge in [0.15, 0.2) is 0 Å². The Hall–Kier alpha value is -1.85. The van der Waals surface area contributed by atoms with Crippen LogP contribution in [-0.2, 0) is 4.74 Å². The molecule has 6 heteroatoms. The molecule has 1 atom stereocenters. The number of hydrogen-bond acceptors (Lipinski definition) is 3. The average molecular weight is 299 g/mol. The van der Waals surface area contributed by atoms with Crippen LogP contribution in [0.2, 0.25) is 0 Å². The molecule has 1 heterocycles. The summed E-state index contributed by atoms with van der Waals surface area (Å²) in [5.41, 5.74) is -0.554. The van der Waals surface area contributed by atoms with E-state index in [9.17, 15) is 13.6 Å². The van der Waals surface area contributed by atoms with Gasteiger partial charge in [0.25, 0.3) is 0 Å². The molecular weight excluding hydrogens is 280 g/mol. The van der Waals surface area contributed by atoms with Gasteiger partial charge in [-0.3, -0.25) is 0 Å². The Kier molecular flexibility index (Phi) is 4.34. The van der Waals surface area contributed by atoms with E-state index >= 15 is 0 Å². The minimum absolute atomic E-state index is 0.128. The van der Waals surface area contributed by atoms with Crippen molar-refractivity contribution in [2.24, 2.45) is 0 Å². The van der Waals surface area contributed by atoms with Crippen molar-refractivity contribution in [2.45, 2.75) is 38.9 Å². The van der Waals surface area contributed by atoms with Crippen LogP contribution < -0.4 is 4.74 Å². The summed E-state index contributed by atoms with van der Waals surface area (Å²) in [4.78, 5) is 13.4. The summed E-state index contributed by atoms with van der Waals surface area (Å²) in [6.07, 6.45) is -0.102. The molecule has 21 heavy (non-hydrogen) atoms. The zero-order valence-electron chi connectivity index (χ0n) is 12.4. The molecule has 0 aliphatic carbocycles. The lowest BCUT2D eigenvalue weighted by atomic mass is 10.2. The largest absolute Gasteiger partial charge is 0.488 e. The minimum Gasteiger partial charge on any atom is -0.488 e. The molecule has 4 nitrogen and oxygen atoms in total. The van der Waals surface area contributed by atoms with Crippen molar-refractivity contribution >= 4 is 6.09 Å². The molecule has 0 bridgehead atoms. The smallest absolute Gasteiger partial charge is 0.410 e. The number of benzene rings is 1. The Morgan fingerprint density at radius 2 is 1.86 bits per heavy atom. The lowest BCUT2D eigenvalue weighted by Crippen LogP contribution is -2.36. The second-order valence-corrected chi connectivity index (χ2v) is 6.06. The highest BCUT2D eigenvalue weighted by molar-refractivity contribution is 5.68. The summed E-state index contributed by atoms with van der Waals surface area (Å²) in [5.74, 6) is -1.25. The third-order valence-corrected chi connectivity index (χ3v) is 2.94. The number of carbonyl (C=O) groups excluding carboxylic acids is 1. The molecule has 0 spiro atoms. The molecule has 0 N–H and O–H groups in total. The highest BCUT2D eigenvalue weighted by atomic mass is 19.1. The lowest BCUT2D eigenvalue weighted by molar-refractivity contribution is 0.0275. The van der Waals surface area contributed by atoms with Crippen LogP contribution in [-0.4, -0.2) is 35.8 Å². The maximum atomic E-state index is 13.1. The van der Waals surface area contributed by atoms with Crippen molar-refractivity contribution in [1.82, 2.24) is 4.90 Å². The summed E-state index contributed by atoms with van der Waals surface area (Å²) in [7, 11) is 0. The number of amides is 1. The van der Waals surface area contributed by atoms with E-state index in [1.165, 1.54) is 4.90 Å². The Morgan fingerprint density at radius 3 is 2.43 bits per heavy atom. The number of hydrogen-bond donors (Lipinski definition) is 0. The fraction of sp³-hybridized carbons (Fsp3) is 0.533. The number of rotatable bonds is 2. The van der Waals surface area contributed by atoms with E-state index in [1.54, 1.807) is 20.8 Å². The minimum atomic E-state index is -0.688. The predicted octanol–water partition coefficient (Wildman–Crippen LogP) is 3.35. The van der Waals surface area contributed by atoms with Gasteiger partial charge in [-0.05, 0) is 20.8 Å². The SMILES string of the molecule is CC(C)(C)OC(=O)N1CC[C@@H](Oc2cc(F)cc(F)c2)C1. The second kappa shape index (κ2) is 5.87. The first-order valence-corrected chi connectivity index (χ1v) is 6.83. The normalized spacial score (nSPS) is 18.7. The monoisotopic (exact) mass is 299 g/mol. The summed E-state index contributed by atoms with van der Waals surface area (Å²) < 4.78 is 37.0. The van der Waals surface area contributed by atoms with E-state index in [-0.39, 0.29) is 11.9 Å². The van der Waals surface area contributed by atoms with Crippen LogP contribution in [0.5, 0.6) is 5.75 Å². The molecule has 116 valence electrons. The number of likely N-dealkylation sites (tertiary alicyclic amines) is 1. The van der Waals surface area contributed by atoms with Gasteiger partial charge in [-0.2, -0.15) is 0 Å². The average Bonchev–Trinajstić information content (AvgIpc) is 2.73. The first-order valence-electron chi connectivity index (χ1n) is 6.83. The van der Waals surface area contributed by atoms with Crippen LogP contribution in [0.25, 0.3) is 0 Å². The Balaban J connectivity index is 1.92. The molecule has 0 unspecified atom stereocenters. The molecule has 1 aromatic carbocycles. The molecule has 0 radical (unpaired) electrons. The maximum Gasteiger partial charge on any atom is 0.410 e. The van der Waals surface area contributed by atoms with Crippen LogP contribution in [0.3, 0.4) is 0 Å². The number of halogens is 2. The van der Waals surface area contributed by atoms with Gasteiger partial charge in [0.1, 0.15) is 29.1 Å². The van der Waals surface area contributed by atoms with E-state index < -0.39 is 23.3 Å². The van der Waals surface area contributed by atoms with Crippen LogP contribution >= 0.6 is 0 Å². The number of ether oxygens (including phenoxy) is 2. The summed E-state index contributed by atoms with van der Waals surface area (Å²) in [6.45, 7) is 6.23. The topological polar surface area (TPSA) is 38.8 Å². The van der Waals surface area contributed by atoms with Crippen molar-refractivity contribution in [3.8, 4) is 5.75 Å². The van der Waals surface area contributed by atoms with Crippen molar-refractivity contribution < 1.29 is 23.0 Å². The standard InChI is InChI=1S/C15H19F2NO3/c1-15(2,3)21-14(19)18-5-4-12(9-18)20-13-7-10(16)6-11(17)8-13/h6-8,12H,4-5,9H2,1-3H3/t12-/m1/s1. The van der Waals surface area contributed by atoms with Crippen molar-refractivity contribution in [1.29, 1.82) is 0 Å². The molecular formula is C15H19F2NO3. The molecule has 0 aromatic heterocycles. The Labute approximate surface area is 122 Å². The van der Waals surface area contributed by atoms with Gasteiger partial charge in [0.2, 0.25) is 0 Å². The van der Waals surface area contributed by atoms with E-state index in [0.717, 1.165) is 18.2 Å². The summed E-state index contributed by atoms with van der Waals surface area (Å²) in [6, 6.07) is 3.03. The second-order valence-electron chi connectivity index (χ2n) is 6.06. The van der Waals surface area contributed by atoms with E-state index in [0.29, 0.717) is 19.5 Å². The zero-order valence-corrected chi connectivity index (χ0v) is 12.4. The van der Waals surface area contributed by atoms with Gasteiger partial charge in [-0.1, -0.05) is 0 Å². The first kappa shape index (κ1) is 15.5. The van der Waals surface area contributed by atoms with Crippen molar-refractivity contribution in [2.75, 3.05) is 13.1 Å². The van der Waals surface area contributed by atoms with Crippen molar-refractivity contribution in [3.05, 3.63) is 29.8 Å². The third-order valence-electron chi connectivity index (χ3n) is 2.94. The van der Waals surface area contributed by atoms with Crippen LogP contribution in [0.4, 0.5) is 13.6 Å². The van der Waals surface area contributed by atoms with E-state index in [2.05, 4.69) is 0 Å². The molecule has 0 saturated carbocycles. The van der Waals surface area contributed by atoms with Crippen molar-refractivity contribution in [3.63, 3.8) is 0 Å². The predicted molar refractivity (Wildman–Crippen MR) is 73.2 cm³/mol. The van der Waals surface area contributed by atoms with Gasteiger partial charge < -0.3 is 14.4 Å². The first-order chi connectivity index (χ1) is 9.73. The summed E-state index contributed by atoms with van der Waals surface area (Å²) in [5, 5.41) is 0. The highest BCUT2D eigenvalue weighted by Gasteiger charge is 2.30. The quantitative estimate of drug-likeness (QED) is 0.840. The molecule has 1 saturated heterocycles. The fourth-order valence-electron chi connectivity index (χ4n) is 2.11. The third kappa shape index (κ3) is 4.58. The Bertz CT molecular complexity index is 508. The van der Waals surface area contributed by atoms with Gasteiger partial charge in [0.05, 0.1) is 6.54 Å². The van der Waals surface area contributed by atoms with Gasteiger partial charge in [-0.25, -0.2) is 13.6 Å². The van der Waals surface area contributed by atoms with E-state index in [4.69, 9.17) is 9.47 Å². The molecule has 1 aliphatic heterocycles. The molecule has 2 rings (SSSR count). The van der Waals surface area contributed by atoms with Gasteiger partial charge in [-0.15, -0.1) is 0 Å². The lowest BCUT2D eigenvalue weighted by Gasteiger charge is -2.24. The zero-order chi connectivity index (χ0) is 15.6. The van der Waals surface area contributed by atoms with Gasteiger partial charge in [0, 0.05) is 31.2 Å². The maximum absolute atomic E-state index is 13.1.